The summed E-state index contributed by atoms with van der Waals surface area (Å²) < 4.78 is 0. The Morgan fingerprint density at radius 1 is 1.27 bits per heavy atom. The van der Waals surface area contributed by atoms with E-state index in [0.717, 1.165) is 19.0 Å². The predicted octanol–water partition coefficient (Wildman–Crippen LogP) is 2.48. The minimum absolute atomic E-state index is 0.272. The SMILES string of the molecule is CCN(CC1CCCC1)CC(C)(C)CN. The Bertz CT molecular complexity index is 171. The minimum atomic E-state index is 0.272. The van der Waals surface area contributed by atoms with Crippen LogP contribution in [0.3, 0.4) is 0 Å². The molecule has 1 aliphatic carbocycles. The van der Waals surface area contributed by atoms with Gasteiger partial charge in [0.2, 0.25) is 0 Å². The summed E-state index contributed by atoms with van der Waals surface area (Å²) in [6.07, 6.45) is 5.78. The highest BCUT2D eigenvalue weighted by atomic mass is 15.1. The summed E-state index contributed by atoms with van der Waals surface area (Å²) in [5.41, 5.74) is 6.06. The van der Waals surface area contributed by atoms with Crippen LogP contribution >= 0.6 is 0 Å². The van der Waals surface area contributed by atoms with Crippen LogP contribution in [0.1, 0.15) is 46.5 Å². The van der Waals surface area contributed by atoms with Gasteiger partial charge < -0.3 is 10.6 Å². The minimum Gasteiger partial charge on any atom is -0.330 e. The quantitative estimate of drug-likeness (QED) is 0.733. The topological polar surface area (TPSA) is 29.3 Å². The van der Waals surface area contributed by atoms with Gasteiger partial charge >= 0.3 is 0 Å². The first-order valence-electron chi connectivity index (χ1n) is 6.50. The molecule has 2 heteroatoms. The van der Waals surface area contributed by atoms with Crippen molar-refractivity contribution >= 4 is 0 Å². The van der Waals surface area contributed by atoms with Crippen molar-refractivity contribution in [2.45, 2.75) is 46.5 Å². The third kappa shape index (κ3) is 4.52. The second kappa shape index (κ2) is 5.86. The zero-order valence-corrected chi connectivity index (χ0v) is 10.8. The van der Waals surface area contributed by atoms with Gasteiger partial charge in [0.1, 0.15) is 0 Å². The number of nitrogens with zero attached hydrogens (tertiary/aromatic N) is 1. The Morgan fingerprint density at radius 3 is 2.33 bits per heavy atom. The lowest BCUT2D eigenvalue weighted by Crippen LogP contribution is -2.40. The lowest BCUT2D eigenvalue weighted by molar-refractivity contribution is 0.167. The maximum atomic E-state index is 5.79. The van der Waals surface area contributed by atoms with Crippen LogP contribution in [-0.4, -0.2) is 31.1 Å². The molecule has 1 saturated carbocycles. The van der Waals surface area contributed by atoms with Crippen molar-refractivity contribution in [2.75, 3.05) is 26.2 Å². The standard InChI is InChI=1S/C13H28N2/c1-4-15(11-13(2,3)10-14)9-12-7-5-6-8-12/h12H,4-11,14H2,1-3H3. The van der Waals surface area contributed by atoms with Gasteiger partial charge in [-0.15, -0.1) is 0 Å². The molecule has 90 valence electrons. The molecule has 0 bridgehead atoms. The molecule has 15 heavy (non-hydrogen) atoms. The molecule has 0 amide bonds. The van der Waals surface area contributed by atoms with Crippen molar-refractivity contribution in [3.63, 3.8) is 0 Å². The van der Waals surface area contributed by atoms with E-state index in [1.807, 2.05) is 0 Å². The van der Waals surface area contributed by atoms with Crippen molar-refractivity contribution in [1.29, 1.82) is 0 Å². The lowest BCUT2D eigenvalue weighted by Gasteiger charge is -2.32. The number of nitrogens with two attached hydrogens (primary N) is 1. The average Bonchev–Trinajstić information content (AvgIpc) is 2.69. The molecule has 2 N–H and O–H groups in total. The zero-order valence-electron chi connectivity index (χ0n) is 10.8. The molecule has 1 rings (SSSR count). The van der Waals surface area contributed by atoms with E-state index >= 15 is 0 Å². The van der Waals surface area contributed by atoms with Crippen molar-refractivity contribution < 1.29 is 0 Å². The van der Waals surface area contributed by atoms with E-state index < -0.39 is 0 Å². The van der Waals surface area contributed by atoms with Gasteiger partial charge in [0.05, 0.1) is 0 Å². The van der Waals surface area contributed by atoms with Gasteiger partial charge in [0.25, 0.3) is 0 Å². The maximum Gasteiger partial charge on any atom is 0.00447 e. The van der Waals surface area contributed by atoms with Crippen LogP contribution < -0.4 is 5.73 Å². The van der Waals surface area contributed by atoms with Crippen LogP contribution in [0.2, 0.25) is 0 Å². The van der Waals surface area contributed by atoms with Gasteiger partial charge in [0, 0.05) is 13.1 Å². The van der Waals surface area contributed by atoms with Crippen LogP contribution in [0, 0.1) is 11.3 Å². The van der Waals surface area contributed by atoms with Crippen molar-refractivity contribution in [3.8, 4) is 0 Å². The highest BCUT2D eigenvalue weighted by molar-refractivity contribution is 4.77. The average molecular weight is 212 g/mol. The van der Waals surface area contributed by atoms with Crippen molar-refractivity contribution in [3.05, 3.63) is 0 Å². The molecule has 0 aromatic rings. The summed E-state index contributed by atoms with van der Waals surface area (Å²) in [5.74, 6) is 0.957. The molecule has 1 fully saturated rings. The highest BCUT2D eigenvalue weighted by Gasteiger charge is 2.23. The fraction of sp³-hybridized carbons (Fsp3) is 1.00. The molecule has 0 heterocycles. The van der Waals surface area contributed by atoms with Crippen molar-refractivity contribution in [1.82, 2.24) is 4.90 Å². The van der Waals surface area contributed by atoms with Crippen LogP contribution in [0.5, 0.6) is 0 Å². The number of hydrogen-bond donors (Lipinski definition) is 1. The molecular weight excluding hydrogens is 184 g/mol. The molecule has 0 aliphatic heterocycles. The second-order valence-corrected chi connectivity index (χ2v) is 5.85. The molecule has 0 atom stereocenters. The Morgan fingerprint density at radius 2 is 1.87 bits per heavy atom. The Kier molecular flexibility index (Phi) is 5.07. The summed E-state index contributed by atoms with van der Waals surface area (Å²) in [5, 5.41) is 0. The van der Waals surface area contributed by atoms with E-state index in [4.69, 9.17) is 5.73 Å². The van der Waals surface area contributed by atoms with Crippen molar-refractivity contribution in [2.24, 2.45) is 17.1 Å². The first-order chi connectivity index (χ1) is 7.07. The van der Waals surface area contributed by atoms with E-state index in [0.29, 0.717) is 0 Å². The van der Waals surface area contributed by atoms with E-state index in [1.54, 1.807) is 0 Å². The molecular formula is C13H28N2. The van der Waals surface area contributed by atoms with Gasteiger partial charge in [-0.1, -0.05) is 33.6 Å². The predicted molar refractivity (Wildman–Crippen MR) is 66.9 cm³/mol. The first kappa shape index (κ1) is 13.0. The van der Waals surface area contributed by atoms with E-state index in [2.05, 4.69) is 25.7 Å². The summed E-state index contributed by atoms with van der Waals surface area (Å²) in [6, 6.07) is 0. The third-order valence-electron chi connectivity index (χ3n) is 3.64. The summed E-state index contributed by atoms with van der Waals surface area (Å²) in [4.78, 5) is 2.59. The molecule has 0 spiro atoms. The van der Waals surface area contributed by atoms with E-state index in [1.165, 1.54) is 38.8 Å². The molecule has 2 nitrogen and oxygen atoms in total. The fourth-order valence-corrected chi connectivity index (χ4v) is 2.53. The molecule has 0 saturated heterocycles. The van der Waals surface area contributed by atoms with Crippen LogP contribution in [0.25, 0.3) is 0 Å². The monoisotopic (exact) mass is 212 g/mol. The first-order valence-corrected chi connectivity index (χ1v) is 6.50. The number of rotatable bonds is 6. The molecule has 0 aromatic carbocycles. The smallest absolute Gasteiger partial charge is 0.00447 e. The van der Waals surface area contributed by atoms with Gasteiger partial charge in [-0.05, 0) is 37.3 Å². The van der Waals surface area contributed by atoms with E-state index in [-0.39, 0.29) is 5.41 Å². The number of hydrogen-bond acceptors (Lipinski definition) is 2. The molecule has 0 unspecified atom stereocenters. The third-order valence-corrected chi connectivity index (χ3v) is 3.64. The summed E-state index contributed by atoms with van der Waals surface area (Å²) >= 11 is 0. The zero-order chi connectivity index (χ0) is 11.3. The summed E-state index contributed by atoms with van der Waals surface area (Å²) in [6.45, 7) is 11.2. The molecule has 0 radical (unpaired) electrons. The van der Waals surface area contributed by atoms with Crippen LogP contribution in [0.15, 0.2) is 0 Å². The van der Waals surface area contributed by atoms with Gasteiger partial charge in [-0.25, -0.2) is 0 Å². The van der Waals surface area contributed by atoms with Gasteiger partial charge in [0.15, 0.2) is 0 Å². The normalized spacial score (nSPS) is 19.0. The van der Waals surface area contributed by atoms with Crippen LogP contribution in [-0.2, 0) is 0 Å². The largest absolute Gasteiger partial charge is 0.330 e. The Balaban J connectivity index is 2.34. The van der Waals surface area contributed by atoms with Gasteiger partial charge in [-0.3, -0.25) is 0 Å². The Labute approximate surface area is 95.2 Å². The Hall–Kier alpha value is -0.0800. The maximum absolute atomic E-state index is 5.79. The molecule has 1 aliphatic rings. The molecule has 0 aromatic heterocycles. The summed E-state index contributed by atoms with van der Waals surface area (Å²) in [7, 11) is 0. The second-order valence-electron chi connectivity index (χ2n) is 5.85. The fourth-order valence-electron chi connectivity index (χ4n) is 2.53. The highest BCUT2D eigenvalue weighted by Crippen LogP contribution is 2.26. The van der Waals surface area contributed by atoms with Crippen LogP contribution in [0.4, 0.5) is 0 Å². The lowest BCUT2D eigenvalue weighted by atomic mass is 9.92. The van der Waals surface area contributed by atoms with E-state index in [9.17, 15) is 0 Å². The van der Waals surface area contributed by atoms with Gasteiger partial charge in [-0.2, -0.15) is 0 Å².